The zero-order valence-corrected chi connectivity index (χ0v) is 10.4. The standard InChI is InChI=1S/C12H15N3O3/c1-3-16-12(17-4-2)11-14-10(15-18-11)9-6-5-7-13-8-9/h5-8,12H,3-4H2,1-2H3. The molecule has 6 nitrogen and oxygen atoms in total. The van der Waals surface area contributed by atoms with E-state index in [0.717, 1.165) is 5.56 Å². The summed E-state index contributed by atoms with van der Waals surface area (Å²) in [5.74, 6) is 0.792. The molecule has 6 heteroatoms. The van der Waals surface area contributed by atoms with Crippen LogP contribution in [-0.4, -0.2) is 28.3 Å². The van der Waals surface area contributed by atoms with Gasteiger partial charge in [-0.25, -0.2) is 0 Å². The molecule has 2 aromatic rings. The molecule has 0 spiro atoms. The maximum Gasteiger partial charge on any atom is 0.283 e. The lowest BCUT2D eigenvalue weighted by molar-refractivity contribution is -0.155. The van der Waals surface area contributed by atoms with E-state index in [9.17, 15) is 0 Å². The Labute approximate surface area is 105 Å². The van der Waals surface area contributed by atoms with E-state index >= 15 is 0 Å². The minimum atomic E-state index is -0.613. The van der Waals surface area contributed by atoms with E-state index in [1.807, 2.05) is 26.0 Å². The lowest BCUT2D eigenvalue weighted by Crippen LogP contribution is -2.09. The van der Waals surface area contributed by atoms with Crippen molar-refractivity contribution in [1.82, 2.24) is 15.1 Å². The van der Waals surface area contributed by atoms with Crippen LogP contribution in [0.1, 0.15) is 26.0 Å². The predicted molar refractivity (Wildman–Crippen MR) is 63.5 cm³/mol. The Morgan fingerprint density at radius 2 is 2.06 bits per heavy atom. The summed E-state index contributed by atoms with van der Waals surface area (Å²) in [7, 11) is 0. The molecule has 0 saturated heterocycles. The Kier molecular flexibility index (Phi) is 4.38. The van der Waals surface area contributed by atoms with Gasteiger partial charge in [0.05, 0.1) is 0 Å². The van der Waals surface area contributed by atoms with Gasteiger partial charge in [-0.15, -0.1) is 0 Å². The fraction of sp³-hybridized carbons (Fsp3) is 0.417. The number of hydrogen-bond acceptors (Lipinski definition) is 6. The minimum Gasteiger partial charge on any atom is -0.345 e. The van der Waals surface area contributed by atoms with Crippen molar-refractivity contribution in [3.05, 3.63) is 30.4 Å². The van der Waals surface area contributed by atoms with Crippen LogP contribution in [0.2, 0.25) is 0 Å². The second kappa shape index (κ2) is 6.23. The van der Waals surface area contributed by atoms with Crippen molar-refractivity contribution in [2.24, 2.45) is 0 Å². The molecular weight excluding hydrogens is 234 g/mol. The minimum absolute atomic E-state index is 0.317. The van der Waals surface area contributed by atoms with Crippen molar-refractivity contribution in [2.75, 3.05) is 13.2 Å². The molecule has 0 unspecified atom stereocenters. The number of hydrogen-bond donors (Lipinski definition) is 0. The molecule has 0 aliphatic carbocycles. The lowest BCUT2D eigenvalue weighted by atomic mass is 10.3. The first-order valence-electron chi connectivity index (χ1n) is 5.82. The highest BCUT2D eigenvalue weighted by molar-refractivity contribution is 5.51. The Bertz CT molecular complexity index is 466. The lowest BCUT2D eigenvalue weighted by Gasteiger charge is -2.11. The van der Waals surface area contributed by atoms with Crippen LogP contribution in [0, 0.1) is 0 Å². The van der Waals surface area contributed by atoms with Crippen molar-refractivity contribution in [3.8, 4) is 11.4 Å². The highest BCUT2D eigenvalue weighted by Crippen LogP contribution is 2.20. The van der Waals surface area contributed by atoms with Crippen LogP contribution in [0.5, 0.6) is 0 Å². The number of nitrogens with zero attached hydrogens (tertiary/aromatic N) is 3. The summed E-state index contributed by atoms with van der Waals surface area (Å²) in [5, 5.41) is 3.89. The van der Waals surface area contributed by atoms with Crippen LogP contribution in [0.3, 0.4) is 0 Å². The maximum absolute atomic E-state index is 5.38. The van der Waals surface area contributed by atoms with Gasteiger partial charge in [0.15, 0.2) is 0 Å². The first-order valence-corrected chi connectivity index (χ1v) is 5.82. The van der Waals surface area contributed by atoms with Gasteiger partial charge in [-0.2, -0.15) is 4.98 Å². The molecule has 2 heterocycles. The fourth-order valence-electron chi connectivity index (χ4n) is 1.44. The summed E-state index contributed by atoms with van der Waals surface area (Å²) in [6.07, 6.45) is 2.75. The van der Waals surface area contributed by atoms with Gasteiger partial charge in [0.25, 0.3) is 5.89 Å². The van der Waals surface area contributed by atoms with Crippen LogP contribution in [0.15, 0.2) is 29.0 Å². The first-order chi connectivity index (χ1) is 8.85. The van der Waals surface area contributed by atoms with Crippen LogP contribution >= 0.6 is 0 Å². The van der Waals surface area contributed by atoms with Crippen molar-refractivity contribution < 1.29 is 14.0 Å². The van der Waals surface area contributed by atoms with Gasteiger partial charge in [0, 0.05) is 31.2 Å². The molecule has 0 aromatic carbocycles. The largest absolute Gasteiger partial charge is 0.345 e. The molecule has 96 valence electrons. The van der Waals surface area contributed by atoms with Gasteiger partial charge >= 0.3 is 0 Å². The molecule has 0 amide bonds. The quantitative estimate of drug-likeness (QED) is 0.731. The molecule has 0 radical (unpaired) electrons. The summed E-state index contributed by atoms with van der Waals surface area (Å²) in [5.41, 5.74) is 0.791. The van der Waals surface area contributed by atoms with E-state index in [1.54, 1.807) is 12.4 Å². The number of aromatic nitrogens is 3. The summed E-state index contributed by atoms with van der Waals surface area (Å²) in [6, 6.07) is 3.67. The van der Waals surface area contributed by atoms with Crippen LogP contribution in [0.4, 0.5) is 0 Å². The van der Waals surface area contributed by atoms with E-state index in [2.05, 4.69) is 15.1 Å². The van der Waals surface area contributed by atoms with Gasteiger partial charge in [-0.1, -0.05) is 5.16 Å². The van der Waals surface area contributed by atoms with Crippen LogP contribution < -0.4 is 0 Å². The average molecular weight is 249 g/mol. The third-order valence-electron chi connectivity index (χ3n) is 2.20. The summed E-state index contributed by atoms with van der Waals surface area (Å²) in [4.78, 5) is 8.25. The summed E-state index contributed by atoms with van der Waals surface area (Å²) >= 11 is 0. The van der Waals surface area contributed by atoms with E-state index in [1.165, 1.54) is 0 Å². The Balaban J connectivity index is 2.18. The van der Waals surface area contributed by atoms with E-state index in [-0.39, 0.29) is 0 Å². The van der Waals surface area contributed by atoms with Crippen molar-refractivity contribution >= 4 is 0 Å². The number of ether oxygens (including phenoxy) is 2. The molecule has 0 aliphatic heterocycles. The normalized spacial score (nSPS) is 11.1. The molecular formula is C12H15N3O3. The fourth-order valence-corrected chi connectivity index (χ4v) is 1.44. The van der Waals surface area contributed by atoms with Gasteiger partial charge in [-0.05, 0) is 26.0 Å². The average Bonchev–Trinajstić information content (AvgIpc) is 2.89. The van der Waals surface area contributed by atoms with Gasteiger partial charge < -0.3 is 14.0 Å². The van der Waals surface area contributed by atoms with E-state index < -0.39 is 6.29 Å². The van der Waals surface area contributed by atoms with Crippen LogP contribution in [-0.2, 0) is 9.47 Å². The molecule has 2 aromatic heterocycles. The summed E-state index contributed by atoms with van der Waals surface area (Å²) in [6.45, 7) is 4.78. The van der Waals surface area contributed by atoms with Gasteiger partial charge in [0.1, 0.15) is 0 Å². The SMILES string of the molecule is CCOC(OCC)c1nc(-c2cccnc2)no1. The maximum atomic E-state index is 5.38. The Morgan fingerprint density at radius 3 is 2.67 bits per heavy atom. The number of rotatable bonds is 6. The topological polar surface area (TPSA) is 70.3 Å². The molecule has 18 heavy (non-hydrogen) atoms. The third-order valence-corrected chi connectivity index (χ3v) is 2.20. The Hall–Kier alpha value is -1.79. The van der Waals surface area contributed by atoms with E-state index in [0.29, 0.717) is 24.9 Å². The molecule has 0 saturated carbocycles. The van der Waals surface area contributed by atoms with Gasteiger partial charge in [-0.3, -0.25) is 4.98 Å². The molecule has 2 rings (SSSR count). The zero-order valence-electron chi connectivity index (χ0n) is 10.4. The second-order valence-corrected chi connectivity index (χ2v) is 3.44. The molecule has 0 aliphatic rings. The van der Waals surface area contributed by atoms with Gasteiger partial charge in [0.2, 0.25) is 12.1 Å². The second-order valence-electron chi connectivity index (χ2n) is 3.44. The van der Waals surface area contributed by atoms with Crippen molar-refractivity contribution in [1.29, 1.82) is 0 Å². The molecule has 0 fully saturated rings. The smallest absolute Gasteiger partial charge is 0.283 e. The highest BCUT2D eigenvalue weighted by Gasteiger charge is 2.20. The van der Waals surface area contributed by atoms with Crippen molar-refractivity contribution in [2.45, 2.75) is 20.1 Å². The van der Waals surface area contributed by atoms with Crippen molar-refractivity contribution in [3.63, 3.8) is 0 Å². The highest BCUT2D eigenvalue weighted by atomic mass is 16.7. The molecule has 0 atom stereocenters. The molecule has 0 N–H and O–H groups in total. The summed E-state index contributed by atoms with van der Waals surface area (Å²) < 4.78 is 15.9. The zero-order chi connectivity index (χ0) is 12.8. The monoisotopic (exact) mass is 249 g/mol. The predicted octanol–water partition coefficient (Wildman–Crippen LogP) is 2.20. The Morgan fingerprint density at radius 1 is 1.28 bits per heavy atom. The van der Waals surface area contributed by atoms with Crippen LogP contribution in [0.25, 0.3) is 11.4 Å². The van der Waals surface area contributed by atoms with E-state index in [4.69, 9.17) is 14.0 Å². The molecule has 0 bridgehead atoms. The third kappa shape index (κ3) is 2.91. The first kappa shape index (κ1) is 12.7. The number of pyridine rings is 1.